The van der Waals surface area contributed by atoms with Crippen LogP contribution in [0.3, 0.4) is 0 Å². The number of thiophene rings is 1. The lowest BCUT2D eigenvalue weighted by Gasteiger charge is -2.25. The van der Waals surface area contributed by atoms with Crippen molar-refractivity contribution in [2.24, 2.45) is 0 Å². The minimum absolute atomic E-state index is 0.0780. The fourth-order valence-electron chi connectivity index (χ4n) is 2.37. The van der Waals surface area contributed by atoms with E-state index in [1.807, 2.05) is 6.07 Å². The van der Waals surface area contributed by atoms with Crippen molar-refractivity contribution in [3.63, 3.8) is 0 Å². The van der Waals surface area contributed by atoms with E-state index < -0.39 is 0 Å². The molecule has 0 fully saturated rings. The molecular formula is C14H14BrN3O3S2. The van der Waals surface area contributed by atoms with Gasteiger partial charge in [-0.05, 0) is 34.0 Å². The van der Waals surface area contributed by atoms with Crippen molar-refractivity contribution in [3.05, 3.63) is 26.5 Å². The summed E-state index contributed by atoms with van der Waals surface area (Å²) in [5.41, 5.74) is 1.13. The molecule has 2 aromatic heterocycles. The number of nitrogens with zero attached hydrogens (tertiary/aromatic N) is 2. The molecule has 23 heavy (non-hydrogen) atoms. The average Bonchev–Trinajstić information content (AvgIpc) is 3.03. The topological polar surface area (TPSA) is 71.5 Å². The summed E-state index contributed by atoms with van der Waals surface area (Å²) in [5.74, 6) is -0.389. The second-order valence-corrected chi connectivity index (χ2v) is 8.60. The molecule has 0 radical (unpaired) electrons. The number of hydrogen-bond acceptors (Lipinski definition) is 7. The van der Waals surface area contributed by atoms with E-state index >= 15 is 0 Å². The summed E-state index contributed by atoms with van der Waals surface area (Å²) in [6.45, 7) is 3.20. The molecule has 122 valence electrons. The first-order valence-electron chi connectivity index (χ1n) is 6.93. The quantitative estimate of drug-likeness (QED) is 0.777. The van der Waals surface area contributed by atoms with Crippen molar-refractivity contribution in [1.29, 1.82) is 0 Å². The lowest BCUT2D eigenvalue weighted by Crippen LogP contribution is -2.36. The Morgan fingerprint density at radius 3 is 3.00 bits per heavy atom. The Kier molecular flexibility index (Phi) is 5.10. The van der Waals surface area contributed by atoms with E-state index in [0.717, 1.165) is 22.3 Å². The number of rotatable bonds is 4. The normalized spacial score (nSPS) is 14.3. The van der Waals surface area contributed by atoms with E-state index in [1.54, 1.807) is 6.20 Å². The van der Waals surface area contributed by atoms with E-state index in [4.69, 9.17) is 4.74 Å². The van der Waals surface area contributed by atoms with Gasteiger partial charge in [-0.25, -0.2) is 4.98 Å². The van der Waals surface area contributed by atoms with Gasteiger partial charge < -0.3 is 10.1 Å². The fraction of sp³-hybridized carbons (Fsp3) is 0.357. The zero-order chi connectivity index (χ0) is 16.4. The summed E-state index contributed by atoms with van der Waals surface area (Å²) in [6.07, 6.45) is 2.52. The second kappa shape index (κ2) is 7.08. The van der Waals surface area contributed by atoms with Crippen LogP contribution < -0.4 is 10.1 Å². The molecule has 0 atom stereocenters. The first-order chi connectivity index (χ1) is 11.0. The molecule has 1 amide bonds. The molecule has 0 aliphatic carbocycles. The molecule has 1 aliphatic heterocycles. The standard InChI is InChI=1S/C14H14BrN3O3S2/c1-8(19)21-13-4-9-6-18(3-2-10(9)22-13)7-12(20)17-14-16-5-11(15)23-14/h4-5H,2-3,6-7H2,1H3,(H,16,17,20). The molecule has 3 rings (SSSR count). The predicted octanol–water partition coefficient (Wildman–Crippen LogP) is 2.89. The number of ether oxygens (including phenoxy) is 1. The van der Waals surface area contributed by atoms with Crippen LogP contribution in [0.25, 0.3) is 0 Å². The monoisotopic (exact) mass is 415 g/mol. The Hall–Kier alpha value is -1.29. The number of esters is 1. The second-order valence-electron chi connectivity index (χ2n) is 5.09. The number of thiazole rings is 1. The highest BCUT2D eigenvalue weighted by atomic mass is 79.9. The van der Waals surface area contributed by atoms with Crippen LogP contribution in [0.5, 0.6) is 5.06 Å². The minimum atomic E-state index is -0.311. The maximum absolute atomic E-state index is 12.1. The van der Waals surface area contributed by atoms with Crippen molar-refractivity contribution < 1.29 is 14.3 Å². The van der Waals surface area contributed by atoms with E-state index in [0.29, 0.717) is 23.3 Å². The van der Waals surface area contributed by atoms with Gasteiger partial charge in [0, 0.05) is 24.9 Å². The zero-order valence-corrected chi connectivity index (χ0v) is 15.5. The largest absolute Gasteiger partial charge is 0.416 e. The minimum Gasteiger partial charge on any atom is -0.416 e. The first kappa shape index (κ1) is 16.6. The number of hydrogen-bond donors (Lipinski definition) is 1. The summed E-state index contributed by atoms with van der Waals surface area (Å²) in [4.78, 5) is 30.5. The van der Waals surface area contributed by atoms with E-state index in [2.05, 4.69) is 31.1 Å². The number of amides is 1. The number of halogens is 1. The number of anilines is 1. The Morgan fingerprint density at radius 2 is 2.30 bits per heavy atom. The van der Waals surface area contributed by atoms with Crippen molar-refractivity contribution in [2.75, 3.05) is 18.4 Å². The summed E-state index contributed by atoms with van der Waals surface area (Å²) in [7, 11) is 0. The number of nitrogens with one attached hydrogen (secondary N) is 1. The average molecular weight is 416 g/mol. The molecule has 0 saturated heterocycles. The maximum atomic E-state index is 12.1. The van der Waals surface area contributed by atoms with Crippen LogP contribution in [0.1, 0.15) is 17.4 Å². The molecular weight excluding hydrogens is 402 g/mol. The predicted molar refractivity (Wildman–Crippen MR) is 93.1 cm³/mol. The third-order valence-electron chi connectivity index (χ3n) is 3.26. The van der Waals surface area contributed by atoms with Crippen LogP contribution >= 0.6 is 38.6 Å². The van der Waals surface area contributed by atoms with Crippen LogP contribution in [-0.2, 0) is 22.6 Å². The highest BCUT2D eigenvalue weighted by molar-refractivity contribution is 9.11. The molecule has 6 nitrogen and oxygen atoms in total. The van der Waals surface area contributed by atoms with Gasteiger partial charge in [0.1, 0.15) is 0 Å². The highest BCUT2D eigenvalue weighted by Crippen LogP contribution is 2.33. The Morgan fingerprint density at radius 1 is 1.48 bits per heavy atom. The lowest BCUT2D eigenvalue weighted by atomic mass is 10.1. The van der Waals surface area contributed by atoms with Gasteiger partial charge in [-0.1, -0.05) is 11.3 Å². The van der Waals surface area contributed by atoms with Gasteiger partial charge in [-0.3, -0.25) is 14.5 Å². The van der Waals surface area contributed by atoms with Crippen LogP contribution in [0, 0.1) is 0 Å². The third-order valence-corrected chi connectivity index (χ3v) is 5.77. The maximum Gasteiger partial charge on any atom is 0.308 e. The molecule has 3 heterocycles. The van der Waals surface area contributed by atoms with Gasteiger partial charge in [0.15, 0.2) is 10.2 Å². The molecule has 1 N–H and O–H groups in total. The van der Waals surface area contributed by atoms with Crippen LogP contribution in [0.4, 0.5) is 5.13 Å². The van der Waals surface area contributed by atoms with Gasteiger partial charge in [-0.15, -0.1) is 11.3 Å². The summed E-state index contributed by atoms with van der Waals surface area (Å²) in [6, 6.07) is 1.89. The van der Waals surface area contributed by atoms with Crippen LogP contribution in [-0.4, -0.2) is 34.8 Å². The van der Waals surface area contributed by atoms with Crippen LogP contribution in [0.2, 0.25) is 0 Å². The Labute approximate surface area is 149 Å². The Balaban J connectivity index is 1.57. The molecule has 1 aliphatic rings. The molecule has 0 bridgehead atoms. The smallest absolute Gasteiger partial charge is 0.308 e. The number of fused-ring (bicyclic) bond motifs is 1. The van der Waals surface area contributed by atoms with Gasteiger partial charge in [0.25, 0.3) is 0 Å². The van der Waals surface area contributed by atoms with Gasteiger partial charge in [0.2, 0.25) is 5.91 Å². The SMILES string of the molecule is CC(=O)Oc1cc2c(s1)CCN(CC(=O)Nc1ncc(Br)s1)C2. The zero-order valence-electron chi connectivity index (χ0n) is 12.3. The fourth-order valence-corrected chi connectivity index (χ4v) is 4.54. The Bertz CT molecular complexity index is 743. The first-order valence-corrected chi connectivity index (χ1v) is 9.36. The van der Waals surface area contributed by atoms with Crippen molar-refractivity contribution >= 4 is 55.6 Å². The van der Waals surface area contributed by atoms with Crippen molar-refractivity contribution in [3.8, 4) is 5.06 Å². The van der Waals surface area contributed by atoms with E-state index in [-0.39, 0.29) is 11.9 Å². The molecule has 0 unspecified atom stereocenters. The number of carbonyl (C=O) groups is 2. The molecule has 0 spiro atoms. The van der Waals surface area contributed by atoms with Gasteiger partial charge in [0.05, 0.1) is 16.5 Å². The molecule has 2 aromatic rings. The summed E-state index contributed by atoms with van der Waals surface area (Å²) in [5, 5.41) is 4.01. The highest BCUT2D eigenvalue weighted by Gasteiger charge is 2.22. The van der Waals surface area contributed by atoms with Gasteiger partial charge in [-0.2, -0.15) is 0 Å². The number of aromatic nitrogens is 1. The van der Waals surface area contributed by atoms with E-state index in [9.17, 15) is 9.59 Å². The van der Waals surface area contributed by atoms with Crippen molar-refractivity contribution in [1.82, 2.24) is 9.88 Å². The third kappa shape index (κ3) is 4.37. The van der Waals surface area contributed by atoms with E-state index in [1.165, 1.54) is 34.5 Å². The van der Waals surface area contributed by atoms with Crippen LogP contribution in [0.15, 0.2) is 16.0 Å². The lowest BCUT2D eigenvalue weighted by molar-refractivity contribution is -0.131. The van der Waals surface area contributed by atoms with Crippen molar-refractivity contribution in [2.45, 2.75) is 19.9 Å². The molecule has 0 saturated carbocycles. The molecule has 0 aromatic carbocycles. The van der Waals surface area contributed by atoms with Gasteiger partial charge >= 0.3 is 5.97 Å². The summed E-state index contributed by atoms with van der Waals surface area (Å²) < 4.78 is 6.02. The number of carbonyl (C=O) groups excluding carboxylic acids is 2. The molecule has 9 heteroatoms. The summed E-state index contributed by atoms with van der Waals surface area (Å²) >= 11 is 6.21.